The highest BCUT2D eigenvalue weighted by Crippen LogP contribution is 2.18. The van der Waals surface area contributed by atoms with Crippen molar-refractivity contribution in [3.8, 4) is 0 Å². The Balaban J connectivity index is 4.02. The van der Waals surface area contributed by atoms with Crippen LogP contribution in [0.25, 0.3) is 0 Å². The van der Waals surface area contributed by atoms with Gasteiger partial charge in [0.2, 0.25) is 0 Å². The molecular formula is C15H26O6. The second-order valence-corrected chi connectivity index (χ2v) is 5.27. The number of unbranched alkanes of at least 4 members (excludes halogenated alkanes) is 5. The van der Waals surface area contributed by atoms with E-state index in [-0.39, 0.29) is 6.61 Å². The van der Waals surface area contributed by atoms with E-state index in [1.54, 1.807) is 0 Å². The van der Waals surface area contributed by atoms with E-state index in [2.05, 4.69) is 6.92 Å². The van der Waals surface area contributed by atoms with Crippen molar-refractivity contribution in [2.75, 3.05) is 6.61 Å². The van der Waals surface area contributed by atoms with E-state index in [0.717, 1.165) is 19.3 Å². The van der Waals surface area contributed by atoms with E-state index in [1.807, 2.05) is 0 Å². The maximum atomic E-state index is 11.7. The normalized spacial score (nSPS) is 13.4. The van der Waals surface area contributed by atoms with E-state index in [4.69, 9.17) is 14.9 Å². The van der Waals surface area contributed by atoms with Crippen molar-refractivity contribution in [1.82, 2.24) is 0 Å². The summed E-state index contributed by atoms with van der Waals surface area (Å²) in [5.41, 5.74) is 0. The molecule has 0 aliphatic carbocycles. The van der Waals surface area contributed by atoms with Crippen LogP contribution in [0, 0.1) is 11.8 Å². The van der Waals surface area contributed by atoms with Gasteiger partial charge in [0.25, 0.3) is 0 Å². The molecule has 21 heavy (non-hydrogen) atoms. The zero-order chi connectivity index (χ0) is 16.3. The van der Waals surface area contributed by atoms with Crippen molar-refractivity contribution in [2.45, 2.75) is 58.8 Å². The molecule has 0 aliphatic rings. The zero-order valence-electron chi connectivity index (χ0n) is 12.8. The van der Waals surface area contributed by atoms with Crippen LogP contribution >= 0.6 is 0 Å². The minimum atomic E-state index is -1.29. The van der Waals surface area contributed by atoms with Crippen LogP contribution < -0.4 is 0 Å². The molecule has 0 saturated heterocycles. The van der Waals surface area contributed by atoms with Crippen LogP contribution in [0.3, 0.4) is 0 Å². The quantitative estimate of drug-likeness (QED) is 0.424. The van der Waals surface area contributed by atoms with Gasteiger partial charge < -0.3 is 14.9 Å². The topological polar surface area (TPSA) is 101 Å². The predicted molar refractivity (Wildman–Crippen MR) is 76.9 cm³/mol. The van der Waals surface area contributed by atoms with Gasteiger partial charge >= 0.3 is 17.9 Å². The average molecular weight is 302 g/mol. The Bertz CT molecular complexity index is 339. The molecule has 0 aromatic heterocycles. The summed E-state index contributed by atoms with van der Waals surface area (Å²) in [4.78, 5) is 33.3. The lowest BCUT2D eigenvalue weighted by Gasteiger charge is -2.17. The van der Waals surface area contributed by atoms with Gasteiger partial charge in [-0.2, -0.15) is 0 Å². The van der Waals surface area contributed by atoms with Crippen molar-refractivity contribution >= 4 is 17.9 Å². The number of carbonyl (C=O) groups is 3. The van der Waals surface area contributed by atoms with Gasteiger partial charge in [-0.3, -0.25) is 14.4 Å². The first-order valence-electron chi connectivity index (χ1n) is 7.51. The molecule has 0 amide bonds. The number of esters is 1. The molecule has 122 valence electrons. The molecule has 0 radical (unpaired) electrons. The lowest BCUT2D eigenvalue weighted by Crippen LogP contribution is -2.31. The first-order valence-corrected chi connectivity index (χ1v) is 7.51. The van der Waals surface area contributed by atoms with Gasteiger partial charge in [-0.1, -0.05) is 46.0 Å². The minimum absolute atomic E-state index is 0.259. The highest BCUT2D eigenvalue weighted by Gasteiger charge is 2.33. The van der Waals surface area contributed by atoms with E-state index in [1.165, 1.54) is 26.2 Å². The van der Waals surface area contributed by atoms with Gasteiger partial charge in [0, 0.05) is 0 Å². The number of hydrogen-bond donors (Lipinski definition) is 2. The largest absolute Gasteiger partial charge is 0.481 e. The van der Waals surface area contributed by atoms with E-state index in [0.29, 0.717) is 0 Å². The number of ether oxygens (including phenoxy) is 1. The molecule has 2 N–H and O–H groups in total. The lowest BCUT2D eigenvalue weighted by atomic mass is 9.91. The fourth-order valence-electron chi connectivity index (χ4n) is 2.02. The number of aliphatic carboxylic acids is 2. The fourth-order valence-corrected chi connectivity index (χ4v) is 2.02. The minimum Gasteiger partial charge on any atom is -0.481 e. The molecule has 2 atom stereocenters. The summed E-state index contributed by atoms with van der Waals surface area (Å²) in [7, 11) is 0. The van der Waals surface area contributed by atoms with Crippen molar-refractivity contribution in [3.63, 3.8) is 0 Å². The first kappa shape index (κ1) is 19.4. The second kappa shape index (κ2) is 11.1. The van der Waals surface area contributed by atoms with Crippen LogP contribution in [0.1, 0.15) is 58.8 Å². The van der Waals surface area contributed by atoms with Crippen LogP contribution in [-0.4, -0.2) is 34.7 Å². The van der Waals surface area contributed by atoms with Gasteiger partial charge in [0.15, 0.2) is 0 Å². The Kier molecular flexibility index (Phi) is 10.3. The van der Waals surface area contributed by atoms with Crippen molar-refractivity contribution in [1.29, 1.82) is 0 Å². The molecule has 0 fully saturated rings. The summed E-state index contributed by atoms with van der Waals surface area (Å²) in [6, 6.07) is 0. The predicted octanol–water partition coefficient (Wildman–Crippen LogP) is 2.70. The summed E-state index contributed by atoms with van der Waals surface area (Å²) in [6.07, 6.45) is 5.78. The maximum absolute atomic E-state index is 11.7. The molecule has 0 heterocycles. The highest BCUT2D eigenvalue weighted by atomic mass is 16.5. The van der Waals surface area contributed by atoms with Crippen LogP contribution in [0.4, 0.5) is 0 Å². The molecule has 6 heteroatoms. The van der Waals surface area contributed by atoms with Crippen molar-refractivity contribution < 1.29 is 29.3 Å². The Morgan fingerprint density at radius 2 is 1.57 bits per heavy atom. The third-order valence-electron chi connectivity index (χ3n) is 3.43. The fraction of sp³-hybridized carbons (Fsp3) is 0.800. The molecule has 6 nitrogen and oxygen atoms in total. The molecule has 0 bridgehead atoms. The lowest BCUT2D eigenvalue weighted by molar-refractivity contribution is -0.159. The molecule has 2 unspecified atom stereocenters. The molecule has 0 rings (SSSR count). The molecule has 0 saturated carbocycles. The first-order chi connectivity index (χ1) is 9.90. The van der Waals surface area contributed by atoms with E-state index >= 15 is 0 Å². The van der Waals surface area contributed by atoms with E-state index in [9.17, 15) is 14.4 Å². The van der Waals surface area contributed by atoms with Gasteiger partial charge in [-0.25, -0.2) is 0 Å². The SMILES string of the molecule is CCCCCCCCOC(=O)C(C)C(CC(=O)O)C(=O)O. The average Bonchev–Trinajstić information content (AvgIpc) is 2.42. The summed E-state index contributed by atoms with van der Waals surface area (Å²) in [5, 5.41) is 17.6. The maximum Gasteiger partial charge on any atom is 0.309 e. The van der Waals surface area contributed by atoms with Crippen LogP contribution in [0.2, 0.25) is 0 Å². The van der Waals surface area contributed by atoms with Crippen molar-refractivity contribution in [2.24, 2.45) is 11.8 Å². The highest BCUT2D eigenvalue weighted by molar-refractivity contribution is 5.84. The van der Waals surface area contributed by atoms with Crippen LogP contribution in [0.5, 0.6) is 0 Å². The molecule has 0 aliphatic heterocycles. The third-order valence-corrected chi connectivity index (χ3v) is 3.43. The Morgan fingerprint density at radius 3 is 2.10 bits per heavy atom. The van der Waals surface area contributed by atoms with E-state index < -0.39 is 36.2 Å². The summed E-state index contributed by atoms with van der Waals surface area (Å²) < 4.78 is 5.03. The van der Waals surface area contributed by atoms with Crippen LogP contribution in [-0.2, 0) is 19.1 Å². The summed E-state index contributed by atoms with van der Waals surface area (Å²) >= 11 is 0. The number of carboxylic acid groups (broad SMARTS) is 2. The number of rotatable bonds is 12. The number of hydrogen-bond acceptors (Lipinski definition) is 4. The molecular weight excluding hydrogens is 276 g/mol. The Morgan fingerprint density at radius 1 is 1.00 bits per heavy atom. The van der Waals surface area contributed by atoms with Gasteiger partial charge in [0.1, 0.15) is 0 Å². The number of carboxylic acids is 2. The van der Waals surface area contributed by atoms with Gasteiger partial charge in [-0.05, 0) is 6.42 Å². The molecule has 0 spiro atoms. The Labute approximate surface area is 125 Å². The second-order valence-electron chi connectivity index (χ2n) is 5.27. The summed E-state index contributed by atoms with van der Waals surface area (Å²) in [6.45, 7) is 3.79. The van der Waals surface area contributed by atoms with Crippen LogP contribution in [0.15, 0.2) is 0 Å². The van der Waals surface area contributed by atoms with Gasteiger partial charge in [0.05, 0.1) is 24.9 Å². The smallest absolute Gasteiger partial charge is 0.309 e. The molecule has 0 aromatic carbocycles. The van der Waals surface area contributed by atoms with Crippen molar-refractivity contribution in [3.05, 3.63) is 0 Å². The number of carbonyl (C=O) groups excluding carboxylic acids is 1. The Hall–Kier alpha value is -1.59. The van der Waals surface area contributed by atoms with Gasteiger partial charge in [-0.15, -0.1) is 0 Å². The standard InChI is InChI=1S/C15H26O6/c1-3-4-5-6-7-8-9-21-15(20)11(2)12(14(18)19)10-13(16)17/h11-12H,3-10H2,1-2H3,(H,16,17)(H,18,19). The summed E-state index contributed by atoms with van der Waals surface area (Å²) in [5.74, 6) is -5.38. The molecule has 0 aromatic rings. The zero-order valence-corrected chi connectivity index (χ0v) is 12.8. The third kappa shape index (κ3) is 9.05. The monoisotopic (exact) mass is 302 g/mol.